The Hall–Kier alpha value is -2.88. The Balaban J connectivity index is 1.54. The zero-order chi connectivity index (χ0) is 16.6. The molecule has 0 radical (unpaired) electrons. The Morgan fingerprint density at radius 3 is 2.50 bits per heavy atom. The number of aromatic amines is 1. The molecule has 4 heteroatoms. The Kier molecular flexibility index (Phi) is 3.45. The van der Waals surface area contributed by atoms with Gasteiger partial charge in [0.2, 0.25) is 0 Å². The van der Waals surface area contributed by atoms with Crippen LogP contribution in [0.15, 0.2) is 65.5 Å². The van der Waals surface area contributed by atoms with E-state index in [2.05, 4.69) is 22.4 Å². The number of carbonyl (C=O) groups excluding carboxylic acids is 1. The molecule has 1 fully saturated rings. The van der Waals surface area contributed by atoms with E-state index in [1.165, 1.54) is 5.56 Å². The molecule has 2 N–H and O–H groups in total. The Bertz CT molecular complexity index is 956. The third-order valence-corrected chi connectivity index (χ3v) is 4.83. The van der Waals surface area contributed by atoms with Crippen molar-refractivity contribution >= 4 is 16.7 Å². The Morgan fingerprint density at radius 2 is 1.75 bits per heavy atom. The highest BCUT2D eigenvalue weighted by molar-refractivity contribution is 5.96. The van der Waals surface area contributed by atoms with Crippen LogP contribution in [0.5, 0.6) is 0 Å². The molecule has 24 heavy (non-hydrogen) atoms. The highest BCUT2D eigenvalue weighted by Crippen LogP contribution is 2.47. The van der Waals surface area contributed by atoms with Crippen molar-refractivity contribution in [3.05, 3.63) is 82.3 Å². The molecule has 1 amide bonds. The van der Waals surface area contributed by atoms with Crippen LogP contribution < -0.4 is 10.9 Å². The van der Waals surface area contributed by atoms with Gasteiger partial charge in [0.05, 0.1) is 0 Å². The second-order valence-corrected chi connectivity index (χ2v) is 6.43. The number of aromatic nitrogens is 1. The summed E-state index contributed by atoms with van der Waals surface area (Å²) in [7, 11) is 0. The van der Waals surface area contributed by atoms with Crippen LogP contribution in [0, 0.1) is 0 Å². The molecule has 4 rings (SSSR count). The van der Waals surface area contributed by atoms with Gasteiger partial charge in [-0.15, -0.1) is 0 Å². The lowest BCUT2D eigenvalue weighted by Crippen LogP contribution is -2.33. The summed E-state index contributed by atoms with van der Waals surface area (Å²) in [5, 5.41) is 4.35. The minimum Gasteiger partial charge on any atom is -0.350 e. The molecule has 0 unspecified atom stereocenters. The highest BCUT2D eigenvalue weighted by Gasteiger charge is 2.44. The molecule has 120 valence electrons. The van der Waals surface area contributed by atoms with E-state index < -0.39 is 0 Å². The van der Waals surface area contributed by atoms with Crippen molar-refractivity contribution in [1.82, 2.24) is 10.3 Å². The van der Waals surface area contributed by atoms with Gasteiger partial charge in [0.25, 0.3) is 11.5 Å². The van der Waals surface area contributed by atoms with Crippen molar-refractivity contribution < 1.29 is 4.79 Å². The number of amides is 1. The number of carbonyl (C=O) groups is 1. The van der Waals surface area contributed by atoms with Crippen LogP contribution >= 0.6 is 0 Å². The van der Waals surface area contributed by atoms with Crippen LogP contribution in [0.25, 0.3) is 10.8 Å². The lowest BCUT2D eigenvalue weighted by atomic mass is 9.96. The molecule has 1 heterocycles. The lowest BCUT2D eigenvalue weighted by Gasteiger charge is -2.16. The average Bonchev–Trinajstić information content (AvgIpc) is 3.42. The molecule has 1 aromatic heterocycles. The second-order valence-electron chi connectivity index (χ2n) is 6.43. The first-order valence-corrected chi connectivity index (χ1v) is 8.14. The Labute approximate surface area is 139 Å². The summed E-state index contributed by atoms with van der Waals surface area (Å²) >= 11 is 0. The number of rotatable bonds is 4. The van der Waals surface area contributed by atoms with Crippen LogP contribution in [0.2, 0.25) is 0 Å². The number of nitrogens with one attached hydrogen (secondary N) is 2. The summed E-state index contributed by atoms with van der Waals surface area (Å²) < 4.78 is 0. The highest BCUT2D eigenvalue weighted by atomic mass is 16.2. The number of fused-ring (bicyclic) bond motifs is 1. The molecule has 0 saturated heterocycles. The van der Waals surface area contributed by atoms with Gasteiger partial charge in [0.1, 0.15) is 5.69 Å². The van der Waals surface area contributed by atoms with Crippen molar-refractivity contribution in [2.75, 3.05) is 6.54 Å². The lowest BCUT2D eigenvalue weighted by molar-refractivity contribution is 0.0944. The van der Waals surface area contributed by atoms with Gasteiger partial charge in [-0.05, 0) is 35.9 Å². The zero-order valence-electron chi connectivity index (χ0n) is 13.2. The van der Waals surface area contributed by atoms with Crippen molar-refractivity contribution in [2.24, 2.45) is 0 Å². The van der Waals surface area contributed by atoms with Gasteiger partial charge in [-0.1, -0.05) is 48.5 Å². The topological polar surface area (TPSA) is 62.0 Å². The van der Waals surface area contributed by atoms with Gasteiger partial charge in [0, 0.05) is 17.3 Å². The summed E-state index contributed by atoms with van der Waals surface area (Å²) in [5.41, 5.74) is 1.39. The van der Waals surface area contributed by atoms with E-state index in [9.17, 15) is 9.59 Å². The smallest absolute Gasteiger partial charge is 0.267 e. The summed E-state index contributed by atoms with van der Waals surface area (Å²) in [6.07, 6.45) is 2.15. The van der Waals surface area contributed by atoms with E-state index in [1.807, 2.05) is 36.4 Å². The normalized spacial score (nSPS) is 15.2. The first-order valence-electron chi connectivity index (χ1n) is 8.14. The van der Waals surface area contributed by atoms with E-state index in [1.54, 1.807) is 12.1 Å². The molecule has 0 atom stereocenters. The maximum atomic E-state index is 12.5. The third-order valence-electron chi connectivity index (χ3n) is 4.83. The van der Waals surface area contributed by atoms with Gasteiger partial charge >= 0.3 is 0 Å². The van der Waals surface area contributed by atoms with E-state index >= 15 is 0 Å². The third kappa shape index (κ3) is 2.60. The number of hydrogen-bond acceptors (Lipinski definition) is 2. The second kappa shape index (κ2) is 5.64. The van der Waals surface area contributed by atoms with Gasteiger partial charge in [-0.3, -0.25) is 9.59 Å². The van der Waals surface area contributed by atoms with Gasteiger partial charge in [0.15, 0.2) is 0 Å². The fourth-order valence-electron chi connectivity index (χ4n) is 3.19. The molecule has 1 aliphatic carbocycles. The summed E-state index contributed by atoms with van der Waals surface area (Å²) in [5.74, 6) is -0.236. The molecule has 0 bridgehead atoms. The zero-order valence-corrected chi connectivity index (χ0v) is 13.2. The largest absolute Gasteiger partial charge is 0.350 e. The van der Waals surface area contributed by atoms with Crippen LogP contribution in [0.1, 0.15) is 28.9 Å². The van der Waals surface area contributed by atoms with E-state index in [-0.39, 0.29) is 16.9 Å². The predicted octanol–water partition coefficient (Wildman–Crippen LogP) is 2.99. The molecule has 0 spiro atoms. The minimum atomic E-state index is -0.236. The monoisotopic (exact) mass is 318 g/mol. The minimum absolute atomic E-state index is 0.0497. The van der Waals surface area contributed by atoms with Crippen LogP contribution in [-0.2, 0) is 5.41 Å². The molecule has 0 aliphatic heterocycles. The number of pyridine rings is 1. The maximum Gasteiger partial charge on any atom is 0.267 e. The fourth-order valence-corrected chi connectivity index (χ4v) is 3.19. The van der Waals surface area contributed by atoms with Crippen LogP contribution in [-0.4, -0.2) is 17.4 Å². The summed E-state index contributed by atoms with van der Waals surface area (Å²) in [6.45, 7) is 0.588. The summed E-state index contributed by atoms with van der Waals surface area (Å²) in [6, 6.07) is 19.3. The Morgan fingerprint density at radius 1 is 1.04 bits per heavy atom. The summed E-state index contributed by atoms with van der Waals surface area (Å²) in [4.78, 5) is 27.2. The first-order chi connectivity index (χ1) is 11.7. The quantitative estimate of drug-likeness (QED) is 0.777. The average molecular weight is 318 g/mol. The van der Waals surface area contributed by atoms with Gasteiger partial charge in [-0.25, -0.2) is 0 Å². The van der Waals surface area contributed by atoms with Crippen molar-refractivity contribution in [3.8, 4) is 0 Å². The molecular weight excluding hydrogens is 300 g/mol. The molecular formula is C20H18N2O2. The first kappa shape index (κ1) is 14.7. The van der Waals surface area contributed by atoms with Crippen LogP contribution in [0.4, 0.5) is 0 Å². The van der Waals surface area contributed by atoms with E-state index in [0.29, 0.717) is 17.6 Å². The molecule has 2 aromatic carbocycles. The number of benzene rings is 2. The maximum absolute atomic E-state index is 12.5. The molecule has 3 aromatic rings. The van der Waals surface area contributed by atoms with Gasteiger partial charge in [-0.2, -0.15) is 0 Å². The standard InChI is InChI=1S/C20H18N2O2/c23-18-16-9-5-4-6-14(16)12-17(22-18)19(24)21-13-20(10-11-20)15-7-2-1-3-8-15/h1-9,12H,10-11,13H2,(H,21,24)(H,22,23). The van der Waals surface area contributed by atoms with Crippen LogP contribution in [0.3, 0.4) is 0 Å². The van der Waals surface area contributed by atoms with Crippen molar-refractivity contribution in [1.29, 1.82) is 0 Å². The van der Waals surface area contributed by atoms with Crippen molar-refractivity contribution in [3.63, 3.8) is 0 Å². The van der Waals surface area contributed by atoms with E-state index in [4.69, 9.17) is 0 Å². The molecule has 1 aliphatic rings. The number of H-pyrrole nitrogens is 1. The molecule has 1 saturated carbocycles. The SMILES string of the molecule is O=C(NCC1(c2ccccc2)CC1)c1cc2ccccc2c(=O)[nH]1. The number of hydrogen-bond donors (Lipinski definition) is 2. The van der Waals surface area contributed by atoms with E-state index in [0.717, 1.165) is 18.2 Å². The fraction of sp³-hybridized carbons (Fsp3) is 0.200. The van der Waals surface area contributed by atoms with Crippen molar-refractivity contribution in [2.45, 2.75) is 18.3 Å². The molecule has 4 nitrogen and oxygen atoms in total. The van der Waals surface area contributed by atoms with Gasteiger partial charge < -0.3 is 10.3 Å². The predicted molar refractivity (Wildman–Crippen MR) is 94.3 cm³/mol.